The van der Waals surface area contributed by atoms with E-state index in [-0.39, 0.29) is 0 Å². The largest absolute Gasteiger partial charge is 0.497 e. The molecule has 0 bridgehead atoms. The molecule has 1 aromatic carbocycles. The molecule has 0 atom stereocenters. The second-order valence-corrected chi connectivity index (χ2v) is 4.24. The van der Waals surface area contributed by atoms with Crippen molar-refractivity contribution in [3.05, 3.63) is 30.4 Å². The Balaban J connectivity index is 2.67. The van der Waals surface area contributed by atoms with Crippen LogP contribution >= 0.6 is 11.3 Å². The quantitative estimate of drug-likeness (QED) is 0.809. The number of hydrogen-bond donors (Lipinski definition) is 1. The molecular formula is C11H12N2OS. The summed E-state index contributed by atoms with van der Waals surface area (Å²) in [6, 6.07) is 3.93. The van der Waals surface area contributed by atoms with Crippen molar-refractivity contribution in [3.63, 3.8) is 0 Å². The molecule has 0 unspecified atom stereocenters. The molecule has 2 rings (SSSR count). The van der Waals surface area contributed by atoms with E-state index in [2.05, 4.69) is 11.6 Å². The highest BCUT2D eigenvalue weighted by atomic mass is 32.1. The van der Waals surface area contributed by atoms with Gasteiger partial charge < -0.3 is 10.5 Å². The fraction of sp³-hybridized carbons (Fsp3) is 0.182. The minimum atomic E-state index is 0.587. The van der Waals surface area contributed by atoms with Crippen LogP contribution in [0.25, 0.3) is 10.2 Å². The number of nitrogen functional groups attached to an aromatic ring is 1. The fourth-order valence-corrected chi connectivity index (χ4v) is 2.33. The number of thiazole rings is 1. The molecule has 1 aromatic heterocycles. The molecule has 0 aliphatic heterocycles. The highest BCUT2D eigenvalue weighted by molar-refractivity contribution is 7.22. The van der Waals surface area contributed by atoms with Crippen molar-refractivity contribution in [2.24, 2.45) is 0 Å². The molecule has 4 heteroatoms. The third-order valence-corrected chi connectivity index (χ3v) is 3.00. The first-order valence-electron chi connectivity index (χ1n) is 4.58. The Morgan fingerprint density at radius 3 is 3.07 bits per heavy atom. The van der Waals surface area contributed by atoms with Gasteiger partial charge in [0, 0.05) is 0 Å². The SMILES string of the molecule is C=CCc1cc(OC)cc2sc(N)nc12. The second kappa shape index (κ2) is 3.90. The molecule has 3 nitrogen and oxygen atoms in total. The minimum Gasteiger partial charge on any atom is -0.497 e. The number of nitrogens with zero attached hydrogens (tertiary/aromatic N) is 1. The van der Waals surface area contributed by atoms with Crippen LogP contribution in [0.2, 0.25) is 0 Å². The lowest BCUT2D eigenvalue weighted by molar-refractivity contribution is 0.415. The Morgan fingerprint density at radius 1 is 1.60 bits per heavy atom. The molecule has 15 heavy (non-hydrogen) atoms. The molecule has 1 heterocycles. The van der Waals surface area contributed by atoms with Crippen LogP contribution in [-0.4, -0.2) is 12.1 Å². The van der Waals surface area contributed by atoms with Crippen LogP contribution in [0.4, 0.5) is 5.13 Å². The van der Waals surface area contributed by atoms with Crippen LogP contribution < -0.4 is 10.5 Å². The predicted octanol–water partition coefficient (Wildman–Crippen LogP) is 2.62. The molecule has 2 aromatic rings. The van der Waals surface area contributed by atoms with Gasteiger partial charge in [-0.05, 0) is 24.1 Å². The fourth-order valence-electron chi connectivity index (χ4n) is 1.52. The highest BCUT2D eigenvalue weighted by Gasteiger charge is 2.08. The van der Waals surface area contributed by atoms with E-state index in [4.69, 9.17) is 10.5 Å². The van der Waals surface area contributed by atoms with Crippen molar-refractivity contribution in [3.8, 4) is 5.75 Å². The summed E-state index contributed by atoms with van der Waals surface area (Å²) in [5.74, 6) is 0.836. The number of anilines is 1. The molecule has 0 aliphatic carbocycles. The number of nitrogens with two attached hydrogens (primary N) is 1. The van der Waals surface area contributed by atoms with Crippen molar-refractivity contribution in [2.75, 3.05) is 12.8 Å². The maximum atomic E-state index is 5.69. The Hall–Kier alpha value is -1.55. The Morgan fingerprint density at radius 2 is 2.40 bits per heavy atom. The lowest BCUT2D eigenvalue weighted by Crippen LogP contribution is -1.88. The van der Waals surface area contributed by atoms with Gasteiger partial charge in [-0.1, -0.05) is 17.4 Å². The van der Waals surface area contributed by atoms with E-state index in [1.807, 2.05) is 18.2 Å². The average molecular weight is 220 g/mol. The van der Waals surface area contributed by atoms with Gasteiger partial charge in [-0.2, -0.15) is 0 Å². The summed E-state index contributed by atoms with van der Waals surface area (Å²) in [5, 5.41) is 0.587. The summed E-state index contributed by atoms with van der Waals surface area (Å²) in [7, 11) is 1.66. The highest BCUT2D eigenvalue weighted by Crippen LogP contribution is 2.31. The molecule has 2 N–H and O–H groups in total. The zero-order chi connectivity index (χ0) is 10.8. The van der Waals surface area contributed by atoms with Crippen LogP contribution in [0.3, 0.4) is 0 Å². The van der Waals surface area contributed by atoms with Crippen molar-refractivity contribution < 1.29 is 4.74 Å². The summed E-state index contributed by atoms with van der Waals surface area (Å²) in [6.45, 7) is 3.73. The number of ether oxygens (including phenoxy) is 1. The molecule has 78 valence electrons. The van der Waals surface area contributed by atoms with Gasteiger partial charge in [0.1, 0.15) is 5.75 Å². The van der Waals surface area contributed by atoms with E-state index in [0.29, 0.717) is 5.13 Å². The maximum Gasteiger partial charge on any atom is 0.181 e. The second-order valence-electron chi connectivity index (χ2n) is 3.18. The van der Waals surface area contributed by atoms with E-state index < -0.39 is 0 Å². The van der Waals surface area contributed by atoms with Gasteiger partial charge in [0.2, 0.25) is 0 Å². The van der Waals surface area contributed by atoms with Gasteiger partial charge >= 0.3 is 0 Å². The van der Waals surface area contributed by atoms with Crippen molar-refractivity contribution in [1.82, 2.24) is 4.98 Å². The zero-order valence-electron chi connectivity index (χ0n) is 8.49. The van der Waals surface area contributed by atoms with Crippen molar-refractivity contribution in [1.29, 1.82) is 0 Å². The molecule has 0 saturated heterocycles. The molecular weight excluding hydrogens is 208 g/mol. The zero-order valence-corrected chi connectivity index (χ0v) is 9.30. The monoisotopic (exact) mass is 220 g/mol. The van der Waals surface area contributed by atoms with Crippen molar-refractivity contribution in [2.45, 2.75) is 6.42 Å². The summed E-state index contributed by atoms with van der Waals surface area (Å²) in [5.41, 5.74) is 7.75. The van der Waals surface area contributed by atoms with Crippen LogP contribution in [0.15, 0.2) is 24.8 Å². The van der Waals surface area contributed by atoms with Gasteiger partial charge in [-0.3, -0.25) is 0 Å². The third-order valence-electron chi connectivity index (χ3n) is 2.16. The normalized spacial score (nSPS) is 10.5. The van der Waals surface area contributed by atoms with E-state index in [1.54, 1.807) is 7.11 Å². The first-order valence-corrected chi connectivity index (χ1v) is 5.40. The van der Waals surface area contributed by atoms with Crippen LogP contribution in [0, 0.1) is 0 Å². The van der Waals surface area contributed by atoms with E-state index in [0.717, 1.165) is 28.0 Å². The first-order chi connectivity index (χ1) is 7.24. The number of fused-ring (bicyclic) bond motifs is 1. The van der Waals surface area contributed by atoms with E-state index >= 15 is 0 Å². The molecule has 0 saturated carbocycles. The molecule has 0 fully saturated rings. The van der Waals surface area contributed by atoms with Gasteiger partial charge in [-0.25, -0.2) is 4.98 Å². The first kappa shape index (κ1) is 9.98. The van der Waals surface area contributed by atoms with E-state index in [9.17, 15) is 0 Å². The predicted molar refractivity (Wildman–Crippen MR) is 64.5 cm³/mol. The molecule has 0 aliphatic rings. The number of hydrogen-bond acceptors (Lipinski definition) is 4. The summed E-state index contributed by atoms with van der Waals surface area (Å²) in [4.78, 5) is 4.30. The van der Waals surface area contributed by atoms with Gasteiger partial charge in [0.15, 0.2) is 5.13 Å². The van der Waals surface area contributed by atoms with Crippen LogP contribution in [0.1, 0.15) is 5.56 Å². The standard InChI is InChI=1S/C11H12N2OS/c1-3-4-7-5-8(14-2)6-9-10(7)13-11(12)15-9/h3,5-6H,1,4H2,2H3,(H2,12,13). The third kappa shape index (κ3) is 1.80. The number of allylic oxidation sites excluding steroid dienone is 1. The van der Waals surface area contributed by atoms with Crippen LogP contribution in [0.5, 0.6) is 5.75 Å². The molecule has 0 spiro atoms. The summed E-state index contributed by atoms with van der Waals surface area (Å²) >= 11 is 1.47. The lowest BCUT2D eigenvalue weighted by atomic mass is 10.1. The lowest BCUT2D eigenvalue weighted by Gasteiger charge is -2.03. The minimum absolute atomic E-state index is 0.587. The Bertz CT molecular complexity index is 505. The Labute approximate surface area is 92.2 Å². The molecule has 0 radical (unpaired) electrons. The van der Waals surface area contributed by atoms with Gasteiger partial charge in [0.05, 0.1) is 17.3 Å². The number of methoxy groups -OCH3 is 1. The number of aromatic nitrogens is 1. The maximum absolute atomic E-state index is 5.69. The molecule has 0 amide bonds. The van der Waals surface area contributed by atoms with E-state index in [1.165, 1.54) is 11.3 Å². The Kier molecular flexibility index (Phi) is 2.60. The van der Waals surface area contributed by atoms with Crippen molar-refractivity contribution >= 4 is 26.7 Å². The van der Waals surface area contributed by atoms with Gasteiger partial charge in [0.25, 0.3) is 0 Å². The number of rotatable bonds is 3. The average Bonchev–Trinajstić information content (AvgIpc) is 2.58. The smallest absolute Gasteiger partial charge is 0.181 e. The summed E-state index contributed by atoms with van der Waals surface area (Å²) in [6.07, 6.45) is 2.63. The topological polar surface area (TPSA) is 48.1 Å². The summed E-state index contributed by atoms with van der Waals surface area (Å²) < 4.78 is 6.28. The van der Waals surface area contributed by atoms with Gasteiger partial charge in [-0.15, -0.1) is 6.58 Å². The van der Waals surface area contributed by atoms with Crippen LogP contribution in [-0.2, 0) is 6.42 Å². The number of benzene rings is 1.